The highest BCUT2D eigenvalue weighted by Gasteiger charge is 2.30. The molecular formula is C20H31FN3S+. The fourth-order valence-electron chi connectivity index (χ4n) is 3.99. The highest BCUT2D eigenvalue weighted by atomic mass is 32.1. The van der Waals surface area contributed by atoms with Gasteiger partial charge >= 0.3 is 0 Å². The maximum absolute atomic E-state index is 12.4. The second-order valence-corrected chi connectivity index (χ2v) is 8.59. The molecule has 1 aliphatic heterocycles. The van der Waals surface area contributed by atoms with Gasteiger partial charge in [-0.15, -0.1) is 11.3 Å². The Morgan fingerprint density at radius 1 is 1.24 bits per heavy atom. The van der Waals surface area contributed by atoms with Gasteiger partial charge < -0.3 is 4.48 Å². The Morgan fingerprint density at radius 3 is 2.76 bits per heavy atom. The van der Waals surface area contributed by atoms with E-state index in [0.717, 1.165) is 36.6 Å². The molecule has 3 rings (SSSR count). The van der Waals surface area contributed by atoms with Gasteiger partial charge in [-0.1, -0.05) is 6.07 Å². The molecule has 0 aliphatic carbocycles. The van der Waals surface area contributed by atoms with Gasteiger partial charge in [0.15, 0.2) is 0 Å². The lowest BCUT2D eigenvalue weighted by molar-refractivity contribution is -0.930. The van der Waals surface area contributed by atoms with E-state index in [2.05, 4.69) is 41.9 Å². The molecule has 1 aromatic carbocycles. The second kappa shape index (κ2) is 8.56. The van der Waals surface area contributed by atoms with Crippen LogP contribution in [0.4, 0.5) is 4.39 Å². The molecule has 0 spiro atoms. The smallest absolute Gasteiger partial charge is 0.0916 e. The van der Waals surface area contributed by atoms with E-state index in [4.69, 9.17) is 0 Å². The first-order chi connectivity index (χ1) is 12.1. The van der Waals surface area contributed by atoms with Crippen molar-refractivity contribution in [1.29, 1.82) is 0 Å². The van der Waals surface area contributed by atoms with Crippen LogP contribution in [0.2, 0.25) is 0 Å². The molecule has 1 fully saturated rings. The number of halogens is 1. The van der Waals surface area contributed by atoms with Gasteiger partial charge in [-0.3, -0.25) is 9.29 Å². The fraction of sp³-hybridized carbons (Fsp3) is 0.650. The molecule has 0 bridgehead atoms. The standard InChI is InChI=1S/C20H31FN3S/c1-3-24(14-11-23(12-15-24)10-5-9-21)13-4-6-18-7-8-19-20(16-18)25-17(2)22-19/h7-8,16H,3-6,9-15H2,1-2H3/q+1. The van der Waals surface area contributed by atoms with Crippen molar-refractivity contribution in [3.63, 3.8) is 0 Å². The van der Waals surface area contributed by atoms with Crippen molar-refractivity contribution in [2.75, 3.05) is 52.5 Å². The quantitative estimate of drug-likeness (QED) is 0.657. The maximum atomic E-state index is 12.4. The summed E-state index contributed by atoms with van der Waals surface area (Å²) in [5.41, 5.74) is 2.57. The van der Waals surface area contributed by atoms with E-state index in [9.17, 15) is 4.39 Å². The Kier molecular flexibility index (Phi) is 6.42. The maximum Gasteiger partial charge on any atom is 0.0916 e. The van der Waals surface area contributed by atoms with Gasteiger partial charge in [0, 0.05) is 26.1 Å². The average molecular weight is 365 g/mol. The molecule has 2 aromatic rings. The third kappa shape index (κ3) is 4.78. The predicted molar refractivity (Wildman–Crippen MR) is 105 cm³/mol. The summed E-state index contributed by atoms with van der Waals surface area (Å²) >= 11 is 1.79. The van der Waals surface area contributed by atoms with Crippen LogP contribution in [-0.4, -0.2) is 66.9 Å². The molecule has 0 unspecified atom stereocenters. The van der Waals surface area contributed by atoms with Gasteiger partial charge in [0.2, 0.25) is 0 Å². The van der Waals surface area contributed by atoms with Gasteiger partial charge in [-0.05, 0) is 44.4 Å². The second-order valence-electron chi connectivity index (χ2n) is 7.35. The van der Waals surface area contributed by atoms with Crippen LogP contribution in [0.3, 0.4) is 0 Å². The summed E-state index contributed by atoms with van der Waals surface area (Å²) < 4.78 is 14.9. The monoisotopic (exact) mass is 364 g/mol. The Balaban J connectivity index is 1.50. The van der Waals surface area contributed by atoms with Gasteiger partial charge in [-0.25, -0.2) is 4.98 Å². The van der Waals surface area contributed by atoms with Crippen molar-refractivity contribution in [2.45, 2.75) is 33.1 Å². The van der Waals surface area contributed by atoms with Crippen LogP contribution in [0.5, 0.6) is 0 Å². The minimum absolute atomic E-state index is 0.187. The molecule has 0 radical (unpaired) electrons. The summed E-state index contributed by atoms with van der Waals surface area (Å²) in [6, 6.07) is 6.74. The number of hydrogen-bond acceptors (Lipinski definition) is 3. The van der Waals surface area contributed by atoms with Crippen LogP contribution in [-0.2, 0) is 6.42 Å². The molecule has 1 aromatic heterocycles. The van der Waals surface area contributed by atoms with Crippen molar-refractivity contribution in [2.24, 2.45) is 0 Å². The number of rotatable bonds is 8. The van der Waals surface area contributed by atoms with Crippen molar-refractivity contribution < 1.29 is 8.87 Å². The number of thiazole rings is 1. The average Bonchev–Trinajstić information content (AvgIpc) is 3.00. The Hall–Kier alpha value is -1.04. The molecule has 0 N–H and O–H groups in total. The summed E-state index contributed by atoms with van der Waals surface area (Å²) in [5, 5.41) is 1.15. The predicted octanol–water partition coefficient (Wildman–Crippen LogP) is 4.05. The van der Waals surface area contributed by atoms with Crippen LogP contribution in [0.1, 0.15) is 30.3 Å². The summed E-state index contributed by atoms with van der Waals surface area (Å²) in [6.45, 7) is 12.3. The largest absolute Gasteiger partial charge is 0.322 e. The van der Waals surface area contributed by atoms with Crippen molar-refractivity contribution in [3.05, 3.63) is 28.8 Å². The fourth-order valence-corrected chi connectivity index (χ4v) is 4.88. The highest BCUT2D eigenvalue weighted by Crippen LogP contribution is 2.23. The number of fused-ring (bicyclic) bond motifs is 1. The van der Waals surface area contributed by atoms with Gasteiger partial charge in [0.1, 0.15) is 0 Å². The number of likely N-dealkylation sites (N-methyl/N-ethyl adjacent to an activating group) is 1. The number of quaternary nitrogens is 1. The number of alkyl halides is 1. The van der Waals surface area contributed by atoms with Gasteiger partial charge in [0.05, 0.1) is 48.1 Å². The van der Waals surface area contributed by atoms with Crippen LogP contribution in [0, 0.1) is 6.92 Å². The zero-order chi connectivity index (χ0) is 17.7. The molecule has 25 heavy (non-hydrogen) atoms. The number of nitrogens with zero attached hydrogens (tertiary/aromatic N) is 3. The molecule has 1 saturated heterocycles. The zero-order valence-electron chi connectivity index (χ0n) is 15.6. The SMILES string of the molecule is CC[N+]1(CCCc2ccc3nc(C)sc3c2)CCN(CCCF)CC1. The van der Waals surface area contributed by atoms with Gasteiger partial charge in [-0.2, -0.15) is 0 Å². The number of benzene rings is 1. The first-order valence-electron chi connectivity index (χ1n) is 9.64. The van der Waals surface area contributed by atoms with Gasteiger partial charge in [0.25, 0.3) is 0 Å². The summed E-state index contributed by atoms with van der Waals surface area (Å²) in [7, 11) is 0. The van der Waals surface area contributed by atoms with E-state index in [0.29, 0.717) is 6.42 Å². The third-order valence-electron chi connectivity index (χ3n) is 5.72. The van der Waals surface area contributed by atoms with Crippen molar-refractivity contribution in [1.82, 2.24) is 9.88 Å². The minimum atomic E-state index is -0.187. The number of hydrogen-bond donors (Lipinski definition) is 0. The minimum Gasteiger partial charge on any atom is -0.322 e. The molecule has 0 amide bonds. The van der Waals surface area contributed by atoms with Crippen LogP contribution in [0.15, 0.2) is 18.2 Å². The highest BCUT2D eigenvalue weighted by molar-refractivity contribution is 7.18. The van der Waals surface area contributed by atoms with E-state index in [1.54, 1.807) is 11.3 Å². The molecule has 138 valence electrons. The first kappa shape index (κ1) is 18.7. The molecule has 1 aliphatic rings. The van der Waals surface area contributed by atoms with E-state index in [1.807, 2.05) is 0 Å². The van der Waals surface area contributed by atoms with E-state index >= 15 is 0 Å². The molecule has 0 atom stereocenters. The molecule has 3 nitrogen and oxygen atoms in total. The Morgan fingerprint density at radius 2 is 2.04 bits per heavy atom. The van der Waals surface area contributed by atoms with E-state index < -0.39 is 0 Å². The Bertz CT molecular complexity index is 677. The summed E-state index contributed by atoms with van der Waals surface area (Å²) in [6.07, 6.45) is 3.08. The lowest BCUT2D eigenvalue weighted by Gasteiger charge is -2.44. The van der Waals surface area contributed by atoms with E-state index in [1.165, 1.54) is 47.3 Å². The third-order valence-corrected chi connectivity index (χ3v) is 6.65. The van der Waals surface area contributed by atoms with Crippen LogP contribution >= 0.6 is 11.3 Å². The van der Waals surface area contributed by atoms with Crippen molar-refractivity contribution >= 4 is 21.6 Å². The molecule has 2 heterocycles. The summed E-state index contributed by atoms with van der Waals surface area (Å²) in [4.78, 5) is 6.98. The van der Waals surface area contributed by atoms with E-state index in [-0.39, 0.29) is 6.67 Å². The topological polar surface area (TPSA) is 16.1 Å². The Labute approximate surface area is 155 Å². The molecule has 0 saturated carbocycles. The number of piperazine rings is 1. The first-order valence-corrected chi connectivity index (χ1v) is 10.5. The number of aryl methyl sites for hydroxylation is 2. The normalized spacial score (nSPS) is 18.0. The van der Waals surface area contributed by atoms with Crippen LogP contribution in [0.25, 0.3) is 10.2 Å². The molecular weight excluding hydrogens is 333 g/mol. The zero-order valence-corrected chi connectivity index (χ0v) is 16.5. The number of aromatic nitrogens is 1. The summed E-state index contributed by atoms with van der Waals surface area (Å²) in [5.74, 6) is 0. The van der Waals surface area contributed by atoms with Crippen molar-refractivity contribution in [3.8, 4) is 0 Å². The van der Waals surface area contributed by atoms with Crippen LogP contribution < -0.4 is 0 Å². The lowest BCUT2D eigenvalue weighted by Crippen LogP contribution is -2.59. The lowest BCUT2D eigenvalue weighted by atomic mass is 10.1. The molecule has 5 heteroatoms.